The number of allylic oxidation sites excluding steroid dienone is 2. The zero-order valence-corrected chi connectivity index (χ0v) is 8.54. The number of hydrogen-bond donors (Lipinski definition) is 0. The third-order valence-corrected chi connectivity index (χ3v) is 2.40. The van der Waals surface area contributed by atoms with Crippen molar-refractivity contribution in [1.29, 1.82) is 0 Å². The van der Waals surface area contributed by atoms with Gasteiger partial charge in [-0.05, 0) is 19.8 Å². The first-order chi connectivity index (χ1) is 7.18. The zero-order valence-electron chi connectivity index (χ0n) is 8.54. The average molecular weight is 247 g/mol. The van der Waals surface area contributed by atoms with E-state index in [0.717, 1.165) is 4.90 Å². The van der Waals surface area contributed by atoms with Crippen LogP contribution in [0.15, 0.2) is 11.5 Å². The highest BCUT2D eigenvalue weighted by molar-refractivity contribution is 5.18. The Balaban J connectivity index is 3.09. The summed E-state index contributed by atoms with van der Waals surface area (Å²) >= 11 is 0. The van der Waals surface area contributed by atoms with E-state index in [0.29, 0.717) is 19.8 Å². The molecule has 1 heterocycles. The third-order valence-electron chi connectivity index (χ3n) is 2.40. The van der Waals surface area contributed by atoms with E-state index in [9.17, 15) is 26.3 Å². The minimum Gasteiger partial charge on any atom is -0.368 e. The summed E-state index contributed by atoms with van der Waals surface area (Å²) in [6.07, 6.45) is -4.78. The normalized spacial score (nSPS) is 20.1. The van der Waals surface area contributed by atoms with Crippen molar-refractivity contribution in [3.63, 3.8) is 0 Å². The molecule has 0 aromatic rings. The second-order valence-electron chi connectivity index (χ2n) is 3.65. The molecule has 0 saturated carbocycles. The van der Waals surface area contributed by atoms with Crippen molar-refractivity contribution in [2.75, 3.05) is 13.1 Å². The van der Waals surface area contributed by atoms with Gasteiger partial charge in [-0.1, -0.05) is 0 Å². The smallest absolute Gasteiger partial charge is 0.368 e. The SMILES string of the molecule is C/C(F)=C(\N1CCCC1)C(F)(F)C(F)(F)F. The maximum atomic E-state index is 13.0. The molecular formula is C9H11F6N. The van der Waals surface area contributed by atoms with Gasteiger partial charge >= 0.3 is 12.1 Å². The van der Waals surface area contributed by atoms with Gasteiger partial charge < -0.3 is 4.90 Å². The maximum absolute atomic E-state index is 13.0. The van der Waals surface area contributed by atoms with Gasteiger partial charge in [0.15, 0.2) is 0 Å². The van der Waals surface area contributed by atoms with E-state index in [2.05, 4.69) is 0 Å². The molecule has 1 aliphatic heterocycles. The topological polar surface area (TPSA) is 3.24 Å². The number of alkyl halides is 5. The van der Waals surface area contributed by atoms with E-state index in [-0.39, 0.29) is 13.1 Å². The predicted octanol–water partition coefficient (Wildman–Crippen LogP) is 3.48. The van der Waals surface area contributed by atoms with Gasteiger partial charge in [-0.25, -0.2) is 4.39 Å². The lowest BCUT2D eigenvalue weighted by Crippen LogP contribution is -2.44. The molecule has 1 saturated heterocycles. The van der Waals surface area contributed by atoms with E-state index in [1.54, 1.807) is 0 Å². The maximum Gasteiger partial charge on any atom is 0.459 e. The van der Waals surface area contributed by atoms with Crippen molar-refractivity contribution in [3.8, 4) is 0 Å². The molecule has 1 fully saturated rings. The van der Waals surface area contributed by atoms with Crippen LogP contribution in [0.5, 0.6) is 0 Å². The Labute approximate surface area is 88.7 Å². The van der Waals surface area contributed by atoms with Crippen LogP contribution in [0.4, 0.5) is 26.3 Å². The summed E-state index contributed by atoms with van der Waals surface area (Å²) in [6, 6.07) is 0. The minimum atomic E-state index is -5.77. The summed E-state index contributed by atoms with van der Waals surface area (Å²) in [5, 5.41) is 0. The van der Waals surface area contributed by atoms with Crippen LogP contribution in [0.3, 0.4) is 0 Å². The lowest BCUT2D eigenvalue weighted by Gasteiger charge is -2.29. The zero-order chi connectivity index (χ0) is 12.6. The molecule has 0 atom stereocenters. The summed E-state index contributed by atoms with van der Waals surface area (Å²) in [5.41, 5.74) is -1.54. The van der Waals surface area contributed by atoms with Gasteiger partial charge in [0.25, 0.3) is 0 Å². The molecule has 0 aromatic carbocycles. The van der Waals surface area contributed by atoms with Gasteiger partial charge in [0.05, 0.1) is 0 Å². The van der Waals surface area contributed by atoms with E-state index in [1.165, 1.54) is 0 Å². The van der Waals surface area contributed by atoms with Gasteiger partial charge in [-0.3, -0.25) is 0 Å². The largest absolute Gasteiger partial charge is 0.459 e. The van der Waals surface area contributed by atoms with E-state index < -0.39 is 23.6 Å². The van der Waals surface area contributed by atoms with Crippen LogP contribution in [0.25, 0.3) is 0 Å². The number of hydrogen-bond acceptors (Lipinski definition) is 1. The lowest BCUT2D eigenvalue weighted by molar-refractivity contribution is -0.271. The van der Waals surface area contributed by atoms with Crippen molar-refractivity contribution in [1.82, 2.24) is 4.90 Å². The molecule has 94 valence electrons. The van der Waals surface area contributed by atoms with E-state index in [4.69, 9.17) is 0 Å². The van der Waals surface area contributed by atoms with Gasteiger partial charge in [-0.2, -0.15) is 22.0 Å². The fourth-order valence-electron chi connectivity index (χ4n) is 1.71. The van der Waals surface area contributed by atoms with Gasteiger partial charge in [0, 0.05) is 13.1 Å². The number of likely N-dealkylation sites (tertiary alicyclic amines) is 1. The van der Waals surface area contributed by atoms with Crippen LogP contribution in [0, 0.1) is 0 Å². The molecular weight excluding hydrogens is 236 g/mol. The molecule has 16 heavy (non-hydrogen) atoms. The Kier molecular flexibility index (Phi) is 3.44. The third kappa shape index (κ3) is 2.27. The predicted molar refractivity (Wildman–Crippen MR) is 45.6 cm³/mol. The molecule has 0 aromatic heterocycles. The summed E-state index contributed by atoms with van der Waals surface area (Å²) in [4.78, 5) is 0.767. The molecule has 1 aliphatic rings. The second kappa shape index (κ2) is 4.18. The monoisotopic (exact) mass is 247 g/mol. The van der Waals surface area contributed by atoms with Crippen LogP contribution in [-0.4, -0.2) is 30.1 Å². The molecule has 0 unspecified atom stereocenters. The molecule has 7 heteroatoms. The molecule has 0 bridgehead atoms. The Morgan fingerprint density at radius 3 is 1.75 bits per heavy atom. The van der Waals surface area contributed by atoms with Crippen molar-refractivity contribution in [2.24, 2.45) is 0 Å². The highest BCUT2D eigenvalue weighted by Crippen LogP contribution is 2.44. The molecule has 1 rings (SSSR count). The van der Waals surface area contributed by atoms with Crippen LogP contribution in [0.2, 0.25) is 0 Å². The van der Waals surface area contributed by atoms with Gasteiger partial charge in [0.2, 0.25) is 0 Å². The van der Waals surface area contributed by atoms with Crippen LogP contribution >= 0.6 is 0 Å². The molecule has 0 aliphatic carbocycles. The first-order valence-electron chi connectivity index (χ1n) is 4.74. The summed E-state index contributed by atoms with van der Waals surface area (Å²) < 4.78 is 75.3. The van der Waals surface area contributed by atoms with Crippen molar-refractivity contribution < 1.29 is 26.3 Å². The van der Waals surface area contributed by atoms with E-state index in [1.807, 2.05) is 0 Å². The minimum absolute atomic E-state index is 0.0300. The van der Waals surface area contributed by atoms with Crippen molar-refractivity contribution in [3.05, 3.63) is 11.5 Å². The Hall–Kier alpha value is -0.880. The molecule has 1 nitrogen and oxygen atoms in total. The standard InChI is InChI=1S/C9H11F6N/c1-6(10)7(16-4-2-3-5-16)8(11,12)9(13,14)15/h2-5H2,1H3/b7-6+. The highest BCUT2D eigenvalue weighted by Gasteiger charge is 2.62. The molecule has 0 N–H and O–H groups in total. The summed E-state index contributed by atoms with van der Waals surface area (Å²) in [5.74, 6) is -6.61. The Bertz CT molecular complexity index is 283. The number of rotatable bonds is 2. The molecule has 0 spiro atoms. The fraction of sp³-hybridized carbons (Fsp3) is 0.778. The van der Waals surface area contributed by atoms with Crippen molar-refractivity contribution in [2.45, 2.75) is 31.9 Å². The Morgan fingerprint density at radius 2 is 1.44 bits per heavy atom. The van der Waals surface area contributed by atoms with Crippen LogP contribution < -0.4 is 0 Å². The van der Waals surface area contributed by atoms with Gasteiger partial charge in [-0.15, -0.1) is 0 Å². The fourth-order valence-corrected chi connectivity index (χ4v) is 1.71. The Morgan fingerprint density at radius 1 is 1.00 bits per heavy atom. The number of nitrogens with zero attached hydrogens (tertiary/aromatic N) is 1. The first-order valence-corrected chi connectivity index (χ1v) is 4.74. The summed E-state index contributed by atoms with van der Waals surface area (Å²) in [7, 11) is 0. The van der Waals surface area contributed by atoms with Gasteiger partial charge in [0.1, 0.15) is 11.5 Å². The first kappa shape index (κ1) is 13.2. The van der Waals surface area contributed by atoms with E-state index >= 15 is 0 Å². The number of halogens is 6. The quantitative estimate of drug-likeness (QED) is 0.675. The molecule has 0 radical (unpaired) electrons. The lowest BCUT2D eigenvalue weighted by atomic mass is 10.2. The van der Waals surface area contributed by atoms with Crippen molar-refractivity contribution >= 4 is 0 Å². The average Bonchev–Trinajstić information content (AvgIpc) is 2.53. The van der Waals surface area contributed by atoms with Crippen LogP contribution in [-0.2, 0) is 0 Å². The van der Waals surface area contributed by atoms with Crippen LogP contribution in [0.1, 0.15) is 19.8 Å². The highest BCUT2D eigenvalue weighted by atomic mass is 19.4. The summed E-state index contributed by atoms with van der Waals surface area (Å²) in [6.45, 7) is 0.678. The second-order valence-corrected chi connectivity index (χ2v) is 3.65. The molecule has 0 amide bonds.